The molecule has 5 nitrogen and oxygen atoms in total. The first kappa shape index (κ1) is 17.7. The van der Waals surface area contributed by atoms with E-state index in [1.54, 1.807) is 48.5 Å². The van der Waals surface area contributed by atoms with Crippen molar-refractivity contribution in [3.05, 3.63) is 82.1 Å². The van der Waals surface area contributed by atoms with Crippen molar-refractivity contribution >= 4 is 46.2 Å². The first-order valence-corrected chi connectivity index (χ1v) is 8.31. The molecule has 1 aromatic heterocycles. The Morgan fingerprint density at radius 3 is 2.65 bits per heavy atom. The zero-order chi connectivity index (χ0) is 18.5. The van der Waals surface area contributed by atoms with Gasteiger partial charge in [-0.25, -0.2) is 0 Å². The maximum absolute atomic E-state index is 12.4. The lowest BCUT2D eigenvalue weighted by molar-refractivity contribution is 0.102. The predicted molar refractivity (Wildman–Crippen MR) is 103 cm³/mol. The molecule has 3 rings (SSSR count). The summed E-state index contributed by atoms with van der Waals surface area (Å²) in [6.07, 6.45) is 1.51. The third-order valence-corrected chi connectivity index (χ3v) is 4.06. The lowest BCUT2D eigenvalue weighted by Gasteiger charge is -2.10. The molecular weight excluding hydrogens is 371 g/mol. The van der Waals surface area contributed by atoms with E-state index in [2.05, 4.69) is 21.7 Å². The average Bonchev–Trinajstić information content (AvgIpc) is 2.65. The van der Waals surface area contributed by atoms with Gasteiger partial charge in [-0.3, -0.25) is 9.78 Å². The Morgan fingerprint density at radius 1 is 1.04 bits per heavy atom. The number of pyridine rings is 1. The second-order valence-corrected chi connectivity index (χ2v) is 6.13. The Labute approximate surface area is 160 Å². The summed E-state index contributed by atoms with van der Waals surface area (Å²) in [7, 11) is 0. The van der Waals surface area contributed by atoms with Crippen molar-refractivity contribution in [1.82, 2.24) is 4.98 Å². The number of nitrogens with one attached hydrogen (secondary N) is 2. The zero-order valence-corrected chi connectivity index (χ0v) is 14.8. The minimum absolute atomic E-state index is 0.195. The number of anilines is 3. The van der Waals surface area contributed by atoms with Crippen molar-refractivity contribution in [3.8, 4) is 6.07 Å². The molecule has 26 heavy (non-hydrogen) atoms. The van der Waals surface area contributed by atoms with Gasteiger partial charge in [-0.2, -0.15) is 5.26 Å². The van der Waals surface area contributed by atoms with Crippen molar-refractivity contribution in [1.29, 1.82) is 5.26 Å². The van der Waals surface area contributed by atoms with Crippen LogP contribution >= 0.6 is 23.2 Å². The summed E-state index contributed by atoms with van der Waals surface area (Å²) in [6, 6.07) is 17.3. The number of halogens is 2. The molecule has 0 bridgehead atoms. The molecule has 0 unspecified atom stereocenters. The predicted octanol–water partition coefficient (Wildman–Crippen LogP) is 5.26. The number of rotatable bonds is 4. The van der Waals surface area contributed by atoms with Gasteiger partial charge in [0.2, 0.25) is 0 Å². The molecule has 0 fully saturated rings. The number of amides is 1. The molecule has 0 aliphatic carbocycles. The summed E-state index contributed by atoms with van der Waals surface area (Å²) < 4.78 is 0. The maximum atomic E-state index is 12.4. The van der Waals surface area contributed by atoms with Gasteiger partial charge in [0.25, 0.3) is 5.91 Å². The summed E-state index contributed by atoms with van der Waals surface area (Å²) in [4.78, 5) is 16.5. The van der Waals surface area contributed by atoms with E-state index in [0.29, 0.717) is 32.7 Å². The quantitative estimate of drug-likeness (QED) is 0.645. The van der Waals surface area contributed by atoms with Crippen LogP contribution in [0.2, 0.25) is 10.0 Å². The molecule has 2 N–H and O–H groups in total. The lowest BCUT2D eigenvalue weighted by atomic mass is 10.2. The number of aromatic nitrogens is 1. The van der Waals surface area contributed by atoms with Crippen LogP contribution in [0, 0.1) is 11.3 Å². The molecule has 0 spiro atoms. The molecule has 128 valence electrons. The van der Waals surface area contributed by atoms with E-state index in [0.717, 1.165) is 0 Å². The number of carbonyl (C=O) groups excluding carboxylic acids is 1. The largest absolute Gasteiger partial charge is 0.354 e. The number of hydrogen-bond donors (Lipinski definition) is 2. The van der Waals surface area contributed by atoms with Crippen molar-refractivity contribution < 1.29 is 4.79 Å². The number of hydrogen-bond acceptors (Lipinski definition) is 4. The Morgan fingerprint density at radius 2 is 1.85 bits per heavy atom. The molecule has 1 amide bonds. The molecule has 0 atom stereocenters. The van der Waals surface area contributed by atoms with E-state index in [1.807, 2.05) is 6.07 Å². The van der Waals surface area contributed by atoms with Crippen LogP contribution in [0.4, 0.5) is 17.1 Å². The second kappa shape index (κ2) is 7.87. The van der Waals surface area contributed by atoms with Gasteiger partial charge in [-0.1, -0.05) is 35.3 Å². The van der Waals surface area contributed by atoms with Crippen molar-refractivity contribution in [2.75, 3.05) is 10.6 Å². The van der Waals surface area contributed by atoms with Gasteiger partial charge in [-0.15, -0.1) is 0 Å². The molecule has 0 saturated carbocycles. The molecule has 7 heteroatoms. The number of carbonyl (C=O) groups is 1. The third-order valence-electron chi connectivity index (χ3n) is 3.50. The number of nitrogens with zero attached hydrogens (tertiary/aromatic N) is 2. The summed E-state index contributed by atoms with van der Waals surface area (Å²) in [5.41, 5.74) is 2.37. The monoisotopic (exact) mass is 382 g/mol. The highest BCUT2D eigenvalue weighted by Gasteiger charge is 2.11. The van der Waals surface area contributed by atoms with Gasteiger partial charge in [0.1, 0.15) is 11.8 Å². The molecule has 0 aliphatic rings. The van der Waals surface area contributed by atoms with Crippen molar-refractivity contribution in [3.63, 3.8) is 0 Å². The van der Waals surface area contributed by atoms with Crippen LogP contribution in [-0.4, -0.2) is 10.9 Å². The molecule has 3 aromatic rings. The number of benzene rings is 2. The Bertz CT molecular complexity index is 1010. The molecule has 1 heterocycles. The average molecular weight is 383 g/mol. The number of nitriles is 1. The normalized spacial score (nSPS) is 10.0. The SMILES string of the molecule is N#Cc1ccccc1Nc1ccnc(C(=O)Nc2cc(Cl)ccc2Cl)c1. The highest BCUT2D eigenvalue weighted by molar-refractivity contribution is 6.35. The zero-order valence-electron chi connectivity index (χ0n) is 13.3. The van der Waals surface area contributed by atoms with Crippen molar-refractivity contribution in [2.45, 2.75) is 0 Å². The minimum atomic E-state index is -0.425. The van der Waals surface area contributed by atoms with Crippen LogP contribution in [0.3, 0.4) is 0 Å². The van der Waals surface area contributed by atoms with Crippen LogP contribution in [0.5, 0.6) is 0 Å². The molecule has 0 radical (unpaired) electrons. The van der Waals surface area contributed by atoms with Gasteiger partial charge < -0.3 is 10.6 Å². The maximum Gasteiger partial charge on any atom is 0.274 e. The van der Waals surface area contributed by atoms with E-state index in [9.17, 15) is 4.79 Å². The first-order valence-electron chi connectivity index (χ1n) is 7.55. The van der Waals surface area contributed by atoms with E-state index >= 15 is 0 Å². The summed E-state index contributed by atoms with van der Waals surface area (Å²) in [5.74, 6) is -0.425. The fourth-order valence-electron chi connectivity index (χ4n) is 2.26. The van der Waals surface area contributed by atoms with Crippen LogP contribution < -0.4 is 10.6 Å². The van der Waals surface area contributed by atoms with Crippen LogP contribution in [0.1, 0.15) is 16.1 Å². The van der Waals surface area contributed by atoms with E-state index in [4.69, 9.17) is 28.5 Å². The number of para-hydroxylation sites is 1. The van der Waals surface area contributed by atoms with E-state index in [-0.39, 0.29) is 5.69 Å². The summed E-state index contributed by atoms with van der Waals surface area (Å²) in [5, 5.41) is 15.8. The third kappa shape index (κ3) is 4.12. The fraction of sp³-hybridized carbons (Fsp3) is 0. The molecule has 0 saturated heterocycles. The summed E-state index contributed by atoms with van der Waals surface area (Å²) in [6.45, 7) is 0. The van der Waals surface area contributed by atoms with Crippen molar-refractivity contribution in [2.24, 2.45) is 0 Å². The lowest BCUT2D eigenvalue weighted by Crippen LogP contribution is -2.14. The van der Waals surface area contributed by atoms with Crippen LogP contribution in [0.15, 0.2) is 60.8 Å². The summed E-state index contributed by atoms with van der Waals surface area (Å²) >= 11 is 12.0. The van der Waals surface area contributed by atoms with Gasteiger partial charge in [0.05, 0.1) is 22.0 Å². The molecule has 2 aromatic carbocycles. The van der Waals surface area contributed by atoms with Gasteiger partial charge >= 0.3 is 0 Å². The highest BCUT2D eigenvalue weighted by Crippen LogP contribution is 2.26. The van der Waals surface area contributed by atoms with Gasteiger partial charge in [0.15, 0.2) is 0 Å². The molecule has 0 aliphatic heterocycles. The fourth-order valence-corrected chi connectivity index (χ4v) is 2.59. The van der Waals surface area contributed by atoms with Gasteiger partial charge in [0, 0.05) is 16.9 Å². The smallest absolute Gasteiger partial charge is 0.274 e. The Kier molecular flexibility index (Phi) is 5.37. The first-order chi connectivity index (χ1) is 12.6. The molecular formula is C19H12Cl2N4O. The van der Waals surface area contributed by atoms with Gasteiger partial charge in [-0.05, 0) is 42.5 Å². The topological polar surface area (TPSA) is 77.8 Å². The second-order valence-electron chi connectivity index (χ2n) is 5.29. The Hall–Kier alpha value is -3.07. The van der Waals surface area contributed by atoms with Crippen LogP contribution in [0.25, 0.3) is 0 Å². The highest BCUT2D eigenvalue weighted by atomic mass is 35.5. The van der Waals surface area contributed by atoms with Crippen LogP contribution in [-0.2, 0) is 0 Å². The van der Waals surface area contributed by atoms with E-state index in [1.165, 1.54) is 6.20 Å². The Balaban J connectivity index is 1.82. The van der Waals surface area contributed by atoms with E-state index < -0.39 is 5.91 Å². The standard InChI is InChI=1S/C19H12Cl2N4O/c20-13-5-6-15(21)17(9-13)25-19(26)18-10-14(7-8-23-18)24-16-4-2-1-3-12(16)11-22/h1-10H,(H,23,24)(H,25,26). The minimum Gasteiger partial charge on any atom is -0.354 e.